The normalized spacial score (nSPS) is 11.9. The smallest absolute Gasteiger partial charge is 0.311 e. The van der Waals surface area contributed by atoms with Crippen molar-refractivity contribution in [1.29, 1.82) is 0 Å². The molecule has 1 atom stereocenters. The quantitative estimate of drug-likeness (QED) is 0.869. The summed E-state index contributed by atoms with van der Waals surface area (Å²) in [6, 6.07) is 9.44. The number of carbonyl (C=O) groups is 1. The molecule has 0 saturated heterocycles. The molecule has 4 heteroatoms. The van der Waals surface area contributed by atoms with E-state index in [0.717, 1.165) is 16.7 Å². The van der Waals surface area contributed by atoms with E-state index in [1.807, 2.05) is 20.8 Å². The number of carboxylic acids is 1. The summed E-state index contributed by atoms with van der Waals surface area (Å²) in [6.07, 6.45) is 0.427. The van der Waals surface area contributed by atoms with Crippen LogP contribution in [0.25, 0.3) is 0 Å². The van der Waals surface area contributed by atoms with Gasteiger partial charge in [0.1, 0.15) is 11.5 Å². The first-order chi connectivity index (χ1) is 11.4. The lowest BCUT2D eigenvalue weighted by Crippen LogP contribution is -2.17. The molecule has 0 fully saturated rings. The number of rotatable bonds is 6. The third kappa shape index (κ3) is 3.70. The average molecular weight is 328 g/mol. The summed E-state index contributed by atoms with van der Waals surface area (Å²) in [5.41, 5.74) is 5.15. The SMILES string of the molecule is COc1ccc(C(Cc2c(C)cc(C)cc2C)C(=O)O)c(OC)c1. The van der Waals surface area contributed by atoms with Gasteiger partial charge in [-0.2, -0.15) is 0 Å². The van der Waals surface area contributed by atoms with Crippen molar-refractivity contribution in [3.8, 4) is 11.5 Å². The Balaban J connectivity index is 2.47. The Labute approximate surface area is 143 Å². The van der Waals surface area contributed by atoms with Crippen molar-refractivity contribution in [2.75, 3.05) is 14.2 Å². The van der Waals surface area contributed by atoms with Gasteiger partial charge in [0.2, 0.25) is 0 Å². The van der Waals surface area contributed by atoms with Gasteiger partial charge in [0.15, 0.2) is 0 Å². The number of hydrogen-bond donors (Lipinski definition) is 1. The van der Waals surface area contributed by atoms with E-state index in [0.29, 0.717) is 23.5 Å². The zero-order chi connectivity index (χ0) is 17.9. The van der Waals surface area contributed by atoms with Gasteiger partial charge in [-0.1, -0.05) is 23.8 Å². The third-order valence-electron chi connectivity index (χ3n) is 4.36. The molecule has 2 aromatic carbocycles. The van der Waals surface area contributed by atoms with Gasteiger partial charge in [0.05, 0.1) is 20.1 Å². The van der Waals surface area contributed by atoms with Crippen molar-refractivity contribution in [2.45, 2.75) is 33.1 Å². The van der Waals surface area contributed by atoms with Gasteiger partial charge in [0, 0.05) is 11.6 Å². The Hall–Kier alpha value is -2.49. The summed E-state index contributed by atoms with van der Waals surface area (Å²) >= 11 is 0. The molecule has 0 aliphatic carbocycles. The summed E-state index contributed by atoms with van der Waals surface area (Å²) in [6.45, 7) is 6.10. The van der Waals surface area contributed by atoms with E-state index in [2.05, 4.69) is 12.1 Å². The highest BCUT2D eigenvalue weighted by Gasteiger charge is 2.25. The van der Waals surface area contributed by atoms with Crippen LogP contribution in [0.2, 0.25) is 0 Å². The van der Waals surface area contributed by atoms with Crippen molar-refractivity contribution in [2.24, 2.45) is 0 Å². The molecule has 1 unspecified atom stereocenters. The predicted octanol–water partition coefficient (Wildman–Crippen LogP) is 4.04. The molecule has 0 radical (unpaired) electrons. The lowest BCUT2D eigenvalue weighted by atomic mass is 9.87. The lowest BCUT2D eigenvalue weighted by molar-refractivity contribution is -0.138. The molecule has 0 heterocycles. The topological polar surface area (TPSA) is 55.8 Å². The second kappa shape index (κ2) is 7.39. The van der Waals surface area contributed by atoms with Crippen LogP contribution in [0.15, 0.2) is 30.3 Å². The van der Waals surface area contributed by atoms with Gasteiger partial charge in [-0.3, -0.25) is 4.79 Å². The van der Waals surface area contributed by atoms with E-state index in [4.69, 9.17) is 9.47 Å². The maximum absolute atomic E-state index is 11.9. The van der Waals surface area contributed by atoms with Crippen molar-refractivity contribution in [3.05, 3.63) is 58.1 Å². The maximum Gasteiger partial charge on any atom is 0.311 e. The van der Waals surface area contributed by atoms with E-state index in [1.165, 1.54) is 5.56 Å². The van der Waals surface area contributed by atoms with Crippen LogP contribution in [0.5, 0.6) is 11.5 Å². The summed E-state index contributed by atoms with van der Waals surface area (Å²) < 4.78 is 10.6. The van der Waals surface area contributed by atoms with Gasteiger partial charge in [-0.05, 0) is 49.9 Å². The highest BCUT2D eigenvalue weighted by Crippen LogP contribution is 2.34. The minimum absolute atomic E-state index is 0.427. The first-order valence-electron chi connectivity index (χ1n) is 7.88. The van der Waals surface area contributed by atoms with Crippen LogP contribution < -0.4 is 9.47 Å². The Kier molecular flexibility index (Phi) is 5.50. The average Bonchev–Trinajstić information content (AvgIpc) is 2.53. The van der Waals surface area contributed by atoms with E-state index in [-0.39, 0.29) is 0 Å². The molecule has 0 aromatic heterocycles. The number of aliphatic carboxylic acids is 1. The van der Waals surface area contributed by atoms with E-state index in [1.54, 1.807) is 32.4 Å². The van der Waals surface area contributed by atoms with Crippen LogP contribution in [-0.2, 0) is 11.2 Å². The van der Waals surface area contributed by atoms with Crippen molar-refractivity contribution in [1.82, 2.24) is 0 Å². The predicted molar refractivity (Wildman–Crippen MR) is 94.3 cm³/mol. The fourth-order valence-corrected chi connectivity index (χ4v) is 3.17. The summed E-state index contributed by atoms with van der Waals surface area (Å²) in [7, 11) is 3.11. The van der Waals surface area contributed by atoms with Gasteiger partial charge in [-0.25, -0.2) is 0 Å². The van der Waals surface area contributed by atoms with Gasteiger partial charge in [0.25, 0.3) is 0 Å². The van der Waals surface area contributed by atoms with E-state index < -0.39 is 11.9 Å². The molecule has 0 aliphatic heterocycles. The number of carboxylic acid groups (broad SMARTS) is 1. The monoisotopic (exact) mass is 328 g/mol. The number of aryl methyl sites for hydroxylation is 3. The van der Waals surface area contributed by atoms with Gasteiger partial charge < -0.3 is 14.6 Å². The molecule has 24 heavy (non-hydrogen) atoms. The van der Waals surface area contributed by atoms with E-state index >= 15 is 0 Å². The molecule has 0 aliphatic rings. The molecule has 0 spiro atoms. The molecule has 0 amide bonds. The first kappa shape index (κ1) is 17.9. The highest BCUT2D eigenvalue weighted by atomic mass is 16.5. The number of benzene rings is 2. The summed E-state index contributed by atoms with van der Waals surface area (Å²) in [5.74, 6) is -0.365. The number of hydrogen-bond acceptors (Lipinski definition) is 3. The molecule has 0 bridgehead atoms. The fraction of sp³-hybridized carbons (Fsp3) is 0.350. The Bertz CT molecular complexity index is 726. The largest absolute Gasteiger partial charge is 0.497 e. The number of methoxy groups -OCH3 is 2. The second-order valence-corrected chi connectivity index (χ2v) is 6.08. The van der Waals surface area contributed by atoms with Crippen LogP contribution in [-0.4, -0.2) is 25.3 Å². The fourth-order valence-electron chi connectivity index (χ4n) is 3.17. The van der Waals surface area contributed by atoms with Crippen LogP contribution in [0, 0.1) is 20.8 Å². The number of ether oxygens (including phenoxy) is 2. The third-order valence-corrected chi connectivity index (χ3v) is 4.36. The van der Waals surface area contributed by atoms with Gasteiger partial charge >= 0.3 is 5.97 Å². The first-order valence-corrected chi connectivity index (χ1v) is 7.88. The molecule has 1 N–H and O–H groups in total. The Morgan fingerprint density at radius 3 is 2.17 bits per heavy atom. The molecular weight excluding hydrogens is 304 g/mol. The second-order valence-electron chi connectivity index (χ2n) is 6.08. The van der Waals surface area contributed by atoms with Crippen LogP contribution in [0.3, 0.4) is 0 Å². The maximum atomic E-state index is 11.9. The zero-order valence-electron chi connectivity index (χ0n) is 14.8. The van der Waals surface area contributed by atoms with Crippen molar-refractivity contribution in [3.63, 3.8) is 0 Å². The van der Waals surface area contributed by atoms with Crippen LogP contribution >= 0.6 is 0 Å². The molecule has 2 aromatic rings. The van der Waals surface area contributed by atoms with Crippen molar-refractivity contribution >= 4 is 5.97 Å². The van der Waals surface area contributed by atoms with Gasteiger partial charge in [-0.15, -0.1) is 0 Å². The molecule has 2 rings (SSSR count). The van der Waals surface area contributed by atoms with Crippen LogP contribution in [0.1, 0.15) is 33.7 Å². The summed E-state index contributed by atoms with van der Waals surface area (Å²) in [4.78, 5) is 11.9. The molecular formula is C20H24O4. The lowest BCUT2D eigenvalue weighted by Gasteiger charge is -2.19. The minimum atomic E-state index is -0.863. The molecule has 4 nitrogen and oxygen atoms in total. The van der Waals surface area contributed by atoms with E-state index in [9.17, 15) is 9.90 Å². The Morgan fingerprint density at radius 1 is 1.04 bits per heavy atom. The summed E-state index contributed by atoms with van der Waals surface area (Å²) in [5, 5.41) is 9.78. The standard InChI is InChI=1S/C20H24O4/c1-12-8-13(2)17(14(3)9-12)11-18(20(21)22)16-7-6-15(23-4)10-19(16)24-5/h6-10,18H,11H2,1-5H3,(H,21,22). The molecule has 0 saturated carbocycles. The van der Waals surface area contributed by atoms with Crippen LogP contribution in [0.4, 0.5) is 0 Å². The Morgan fingerprint density at radius 2 is 1.67 bits per heavy atom. The highest BCUT2D eigenvalue weighted by molar-refractivity contribution is 5.78. The van der Waals surface area contributed by atoms with Crippen molar-refractivity contribution < 1.29 is 19.4 Å². The zero-order valence-corrected chi connectivity index (χ0v) is 14.8. The minimum Gasteiger partial charge on any atom is -0.497 e. The molecule has 128 valence electrons.